The van der Waals surface area contributed by atoms with Gasteiger partial charge < -0.3 is 4.74 Å². The SMILES string of the molecule is COc1cccc2c1CC(I)C2=O. The van der Waals surface area contributed by atoms with Crippen molar-refractivity contribution in [2.45, 2.75) is 10.3 Å². The fourth-order valence-corrected chi connectivity index (χ4v) is 2.41. The van der Waals surface area contributed by atoms with Crippen LogP contribution in [0.1, 0.15) is 15.9 Å². The van der Waals surface area contributed by atoms with Crippen LogP contribution in [-0.4, -0.2) is 16.8 Å². The van der Waals surface area contributed by atoms with Crippen LogP contribution in [0, 0.1) is 0 Å². The molecule has 3 heteroatoms. The zero-order chi connectivity index (χ0) is 9.42. The molecule has 0 aliphatic heterocycles. The molecule has 0 bridgehead atoms. The first kappa shape index (κ1) is 8.99. The maximum Gasteiger partial charge on any atom is 0.176 e. The first-order chi connectivity index (χ1) is 6.24. The number of hydrogen-bond acceptors (Lipinski definition) is 2. The zero-order valence-electron chi connectivity index (χ0n) is 7.21. The van der Waals surface area contributed by atoms with Gasteiger partial charge in [0.2, 0.25) is 0 Å². The molecule has 0 saturated carbocycles. The second-order valence-corrected chi connectivity index (χ2v) is 4.53. The number of benzene rings is 1. The Kier molecular flexibility index (Phi) is 2.27. The molecule has 0 fully saturated rings. The number of methoxy groups -OCH3 is 1. The van der Waals surface area contributed by atoms with Crippen molar-refractivity contribution in [1.29, 1.82) is 0 Å². The number of carbonyl (C=O) groups is 1. The summed E-state index contributed by atoms with van der Waals surface area (Å²) in [6.45, 7) is 0. The first-order valence-corrected chi connectivity index (χ1v) is 5.32. The predicted molar refractivity (Wildman–Crippen MR) is 58.8 cm³/mol. The number of ketones is 1. The Morgan fingerprint density at radius 1 is 1.54 bits per heavy atom. The molecule has 1 atom stereocenters. The van der Waals surface area contributed by atoms with Gasteiger partial charge in [-0.25, -0.2) is 0 Å². The molecule has 1 aromatic carbocycles. The van der Waals surface area contributed by atoms with E-state index in [0.717, 1.165) is 23.3 Å². The van der Waals surface area contributed by atoms with Gasteiger partial charge in [-0.15, -0.1) is 0 Å². The number of rotatable bonds is 1. The Morgan fingerprint density at radius 2 is 2.31 bits per heavy atom. The van der Waals surface area contributed by atoms with Crippen LogP contribution in [0.5, 0.6) is 5.75 Å². The molecule has 1 aliphatic rings. The summed E-state index contributed by atoms with van der Waals surface area (Å²) in [5.74, 6) is 1.07. The van der Waals surface area contributed by atoms with Gasteiger partial charge in [-0.1, -0.05) is 34.7 Å². The number of hydrogen-bond donors (Lipinski definition) is 0. The maximum atomic E-state index is 11.6. The Hall–Kier alpha value is -0.580. The van der Waals surface area contributed by atoms with Gasteiger partial charge in [0.05, 0.1) is 11.0 Å². The minimum absolute atomic E-state index is 0.0869. The summed E-state index contributed by atoms with van der Waals surface area (Å²) in [5, 5.41) is 0. The van der Waals surface area contributed by atoms with E-state index in [2.05, 4.69) is 22.6 Å². The van der Waals surface area contributed by atoms with E-state index < -0.39 is 0 Å². The second kappa shape index (κ2) is 3.29. The van der Waals surface area contributed by atoms with Crippen molar-refractivity contribution < 1.29 is 9.53 Å². The Balaban J connectivity index is 2.55. The van der Waals surface area contributed by atoms with Crippen molar-refractivity contribution in [3.05, 3.63) is 29.3 Å². The summed E-state index contributed by atoms with van der Waals surface area (Å²) in [6, 6.07) is 5.64. The average molecular weight is 288 g/mol. The number of alkyl halides is 1. The van der Waals surface area contributed by atoms with Crippen molar-refractivity contribution in [2.75, 3.05) is 7.11 Å². The van der Waals surface area contributed by atoms with Crippen molar-refractivity contribution in [3.8, 4) is 5.75 Å². The molecule has 13 heavy (non-hydrogen) atoms. The van der Waals surface area contributed by atoms with E-state index in [0.29, 0.717) is 0 Å². The normalized spacial score (nSPS) is 20.2. The van der Waals surface area contributed by atoms with Crippen LogP contribution in [0.2, 0.25) is 0 Å². The second-order valence-electron chi connectivity index (χ2n) is 3.02. The Labute approximate surface area is 90.4 Å². The molecular weight excluding hydrogens is 279 g/mol. The van der Waals surface area contributed by atoms with Crippen molar-refractivity contribution in [3.63, 3.8) is 0 Å². The third-order valence-electron chi connectivity index (χ3n) is 2.29. The summed E-state index contributed by atoms with van der Waals surface area (Å²) in [6.07, 6.45) is 0.804. The van der Waals surface area contributed by atoms with E-state index in [9.17, 15) is 4.79 Å². The highest BCUT2D eigenvalue weighted by Crippen LogP contribution is 2.33. The molecular formula is C10H9IO2. The lowest BCUT2D eigenvalue weighted by molar-refractivity contribution is 0.100. The molecule has 0 N–H and O–H groups in total. The highest BCUT2D eigenvalue weighted by atomic mass is 127. The molecule has 0 radical (unpaired) electrons. The Morgan fingerprint density at radius 3 is 3.00 bits per heavy atom. The smallest absolute Gasteiger partial charge is 0.176 e. The summed E-state index contributed by atoms with van der Waals surface area (Å²) < 4.78 is 5.29. The molecule has 0 aromatic heterocycles. The van der Waals surface area contributed by atoms with Gasteiger partial charge in [-0.05, 0) is 12.5 Å². The van der Waals surface area contributed by atoms with Crippen LogP contribution in [-0.2, 0) is 6.42 Å². The van der Waals surface area contributed by atoms with E-state index >= 15 is 0 Å². The molecule has 0 amide bonds. The predicted octanol–water partition coefficient (Wildman–Crippen LogP) is 2.24. The van der Waals surface area contributed by atoms with Gasteiger partial charge in [0.25, 0.3) is 0 Å². The minimum atomic E-state index is 0.0869. The summed E-state index contributed by atoms with van der Waals surface area (Å²) in [7, 11) is 1.64. The van der Waals surface area contributed by atoms with E-state index in [1.54, 1.807) is 7.11 Å². The highest BCUT2D eigenvalue weighted by Gasteiger charge is 2.30. The summed E-state index contributed by atoms with van der Waals surface area (Å²) in [5.41, 5.74) is 1.90. The number of fused-ring (bicyclic) bond motifs is 1. The first-order valence-electron chi connectivity index (χ1n) is 4.08. The van der Waals surface area contributed by atoms with Gasteiger partial charge in [0.1, 0.15) is 5.75 Å². The molecule has 1 aliphatic carbocycles. The van der Waals surface area contributed by atoms with Gasteiger partial charge in [0, 0.05) is 11.1 Å². The van der Waals surface area contributed by atoms with Crippen LogP contribution in [0.3, 0.4) is 0 Å². The molecule has 2 nitrogen and oxygen atoms in total. The van der Waals surface area contributed by atoms with Crippen LogP contribution < -0.4 is 4.74 Å². The van der Waals surface area contributed by atoms with Crippen LogP contribution in [0.4, 0.5) is 0 Å². The third kappa shape index (κ3) is 1.35. The molecule has 0 saturated heterocycles. The standard InChI is InChI=1S/C10H9IO2/c1-13-9-4-2-3-6-7(9)5-8(11)10(6)12/h2-4,8H,5H2,1H3. The fraction of sp³-hybridized carbons (Fsp3) is 0.300. The quantitative estimate of drug-likeness (QED) is 0.585. The van der Waals surface area contributed by atoms with Crippen LogP contribution >= 0.6 is 22.6 Å². The van der Waals surface area contributed by atoms with Gasteiger partial charge >= 0.3 is 0 Å². The topological polar surface area (TPSA) is 26.3 Å². The maximum absolute atomic E-state index is 11.6. The number of ether oxygens (including phenoxy) is 1. The lowest BCUT2D eigenvalue weighted by Crippen LogP contribution is -2.05. The number of Topliss-reactive ketones (excluding diaryl/α,β-unsaturated/α-hetero) is 1. The van der Waals surface area contributed by atoms with Gasteiger partial charge in [-0.2, -0.15) is 0 Å². The minimum Gasteiger partial charge on any atom is -0.496 e. The van der Waals surface area contributed by atoms with Crippen LogP contribution in [0.25, 0.3) is 0 Å². The van der Waals surface area contributed by atoms with E-state index in [1.807, 2.05) is 18.2 Å². The monoisotopic (exact) mass is 288 g/mol. The fourth-order valence-electron chi connectivity index (χ4n) is 1.64. The van der Waals surface area contributed by atoms with Gasteiger partial charge in [0.15, 0.2) is 5.78 Å². The molecule has 1 unspecified atom stereocenters. The summed E-state index contributed by atoms with van der Waals surface area (Å²) in [4.78, 5) is 11.6. The molecule has 2 rings (SSSR count). The third-order valence-corrected chi connectivity index (χ3v) is 3.29. The van der Waals surface area contributed by atoms with Crippen LogP contribution in [0.15, 0.2) is 18.2 Å². The lowest BCUT2D eigenvalue weighted by atomic mass is 10.1. The van der Waals surface area contributed by atoms with Crippen molar-refractivity contribution in [2.24, 2.45) is 0 Å². The van der Waals surface area contributed by atoms with Gasteiger partial charge in [-0.3, -0.25) is 4.79 Å². The molecule has 68 valence electrons. The van der Waals surface area contributed by atoms with E-state index in [-0.39, 0.29) is 9.71 Å². The Bertz CT molecular complexity index is 360. The molecule has 1 aromatic rings. The number of carbonyl (C=O) groups excluding carboxylic acids is 1. The van der Waals surface area contributed by atoms with Crippen molar-refractivity contribution in [1.82, 2.24) is 0 Å². The summed E-state index contributed by atoms with van der Waals surface area (Å²) >= 11 is 2.18. The lowest BCUT2D eigenvalue weighted by Gasteiger charge is -2.04. The highest BCUT2D eigenvalue weighted by molar-refractivity contribution is 14.1. The molecule has 0 spiro atoms. The average Bonchev–Trinajstić information content (AvgIpc) is 2.43. The van der Waals surface area contributed by atoms with E-state index in [4.69, 9.17) is 4.74 Å². The molecule has 0 heterocycles. The zero-order valence-corrected chi connectivity index (χ0v) is 9.37. The largest absolute Gasteiger partial charge is 0.496 e. The number of halogens is 1. The van der Waals surface area contributed by atoms with E-state index in [1.165, 1.54) is 0 Å². The van der Waals surface area contributed by atoms with Crippen molar-refractivity contribution >= 4 is 28.4 Å².